The number of rotatable bonds is 8. The molecule has 0 spiro atoms. The minimum absolute atomic E-state index is 0.0603. The highest BCUT2D eigenvalue weighted by atomic mass is 35.5. The largest absolute Gasteiger partial charge is 0.265 e. The molecule has 0 fully saturated rings. The molecule has 0 bridgehead atoms. The lowest BCUT2D eigenvalue weighted by atomic mass is 10.2. The van der Waals surface area contributed by atoms with Crippen molar-refractivity contribution in [2.75, 3.05) is 30.6 Å². The van der Waals surface area contributed by atoms with Crippen LogP contribution in [0.3, 0.4) is 0 Å². The molecular formula is C11H16Cl2N2O2S. The van der Waals surface area contributed by atoms with Gasteiger partial charge in [0, 0.05) is 37.2 Å². The van der Waals surface area contributed by atoms with Crippen molar-refractivity contribution in [3.63, 3.8) is 0 Å². The summed E-state index contributed by atoms with van der Waals surface area (Å²) in [6.07, 6.45) is 3.76. The molecule has 0 saturated carbocycles. The van der Waals surface area contributed by atoms with Gasteiger partial charge >= 0.3 is 0 Å². The number of pyridine rings is 1. The number of hydrogen-bond acceptors (Lipinski definition) is 3. The number of hydrogen-bond donors (Lipinski definition) is 0. The molecule has 0 unspecified atom stereocenters. The standard InChI is InChI=1S/C11H16Cl2N2O2S/c12-4-8-15(9-5-13)18(16,17)10-3-11-1-6-14-7-2-11/h1-2,6-7H,3-5,8-10H2. The number of halogens is 2. The molecule has 18 heavy (non-hydrogen) atoms. The van der Waals surface area contributed by atoms with Gasteiger partial charge in [0.05, 0.1) is 5.75 Å². The summed E-state index contributed by atoms with van der Waals surface area (Å²) in [7, 11) is -3.30. The molecule has 0 aliphatic carbocycles. The molecule has 7 heteroatoms. The van der Waals surface area contributed by atoms with Gasteiger partial charge < -0.3 is 0 Å². The van der Waals surface area contributed by atoms with Crippen molar-refractivity contribution in [2.24, 2.45) is 0 Å². The Morgan fingerprint density at radius 2 is 1.67 bits per heavy atom. The van der Waals surface area contributed by atoms with Gasteiger partial charge in [0.25, 0.3) is 0 Å². The summed E-state index contributed by atoms with van der Waals surface area (Å²) in [5, 5.41) is 0. The molecular weight excluding hydrogens is 295 g/mol. The second kappa shape index (κ2) is 7.94. The smallest absolute Gasteiger partial charge is 0.214 e. The van der Waals surface area contributed by atoms with Crippen molar-refractivity contribution in [1.82, 2.24) is 9.29 Å². The van der Waals surface area contributed by atoms with Crippen LogP contribution >= 0.6 is 23.2 Å². The highest BCUT2D eigenvalue weighted by Gasteiger charge is 2.20. The Labute approximate surface area is 118 Å². The van der Waals surface area contributed by atoms with E-state index in [-0.39, 0.29) is 17.5 Å². The van der Waals surface area contributed by atoms with Crippen LogP contribution in [-0.2, 0) is 16.4 Å². The average molecular weight is 311 g/mol. The van der Waals surface area contributed by atoms with E-state index in [0.29, 0.717) is 19.5 Å². The van der Waals surface area contributed by atoms with Crippen LogP contribution in [0.15, 0.2) is 24.5 Å². The lowest BCUT2D eigenvalue weighted by Crippen LogP contribution is -2.36. The number of sulfonamides is 1. The fourth-order valence-electron chi connectivity index (χ4n) is 1.50. The Kier molecular flexibility index (Phi) is 6.92. The molecule has 0 radical (unpaired) electrons. The van der Waals surface area contributed by atoms with Crippen molar-refractivity contribution < 1.29 is 8.42 Å². The van der Waals surface area contributed by atoms with E-state index in [1.807, 2.05) is 12.1 Å². The van der Waals surface area contributed by atoms with E-state index in [2.05, 4.69) is 4.98 Å². The monoisotopic (exact) mass is 310 g/mol. The average Bonchev–Trinajstić information content (AvgIpc) is 2.37. The zero-order chi connectivity index (χ0) is 13.4. The van der Waals surface area contributed by atoms with Gasteiger partial charge in [-0.15, -0.1) is 23.2 Å². The van der Waals surface area contributed by atoms with Crippen LogP contribution in [0.4, 0.5) is 0 Å². The van der Waals surface area contributed by atoms with Crippen LogP contribution in [-0.4, -0.2) is 48.3 Å². The maximum atomic E-state index is 12.1. The van der Waals surface area contributed by atoms with E-state index in [4.69, 9.17) is 23.2 Å². The van der Waals surface area contributed by atoms with Crippen LogP contribution in [0.25, 0.3) is 0 Å². The summed E-state index contributed by atoms with van der Waals surface area (Å²) >= 11 is 11.2. The highest BCUT2D eigenvalue weighted by Crippen LogP contribution is 2.07. The van der Waals surface area contributed by atoms with E-state index in [1.165, 1.54) is 4.31 Å². The van der Waals surface area contributed by atoms with E-state index in [1.54, 1.807) is 12.4 Å². The van der Waals surface area contributed by atoms with Crippen LogP contribution < -0.4 is 0 Å². The summed E-state index contributed by atoms with van der Waals surface area (Å²) in [4.78, 5) is 3.89. The van der Waals surface area contributed by atoms with Crippen LogP contribution in [0.5, 0.6) is 0 Å². The molecule has 0 aliphatic heterocycles. The number of aryl methyl sites for hydroxylation is 1. The van der Waals surface area contributed by atoms with Gasteiger partial charge in [-0.1, -0.05) is 0 Å². The first-order chi connectivity index (χ1) is 8.60. The molecule has 0 aliphatic rings. The summed E-state index contributed by atoms with van der Waals surface area (Å²) in [5.41, 5.74) is 0.949. The van der Waals surface area contributed by atoms with Gasteiger partial charge in [-0.05, 0) is 24.1 Å². The van der Waals surface area contributed by atoms with Crippen molar-refractivity contribution in [1.29, 1.82) is 0 Å². The van der Waals surface area contributed by atoms with Crippen LogP contribution in [0.2, 0.25) is 0 Å². The second-order valence-electron chi connectivity index (χ2n) is 3.70. The number of alkyl halides is 2. The maximum Gasteiger partial charge on any atom is 0.214 e. The first-order valence-corrected chi connectivity index (χ1v) is 8.26. The molecule has 1 rings (SSSR count). The van der Waals surface area contributed by atoms with E-state index < -0.39 is 10.0 Å². The first-order valence-electron chi connectivity index (χ1n) is 5.59. The van der Waals surface area contributed by atoms with Gasteiger partial charge in [0.15, 0.2) is 0 Å². The minimum Gasteiger partial charge on any atom is -0.265 e. The summed E-state index contributed by atoms with van der Waals surface area (Å²) in [6.45, 7) is 0.597. The van der Waals surface area contributed by atoms with E-state index in [9.17, 15) is 8.42 Å². The van der Waals surface area contributed by atoms with Crippen molar-refractivity contribution >= 4 is 33.2 Å². The van der Waals surface area contributed by atoms with E-state index >= 15 is 0 Å². The van der Waals surface area contributed by atoms with Gasteiger partial charge in [0.1, 0.15) is 0 Å². The van der Waals surface area contributed by atoms with Crippen LogP contribution in [0, 0.1) is 0 Å². The predicted molar refractivity (Wildman–Crippen MR) is 74.7 cm³/mol. The molecule has 0 saturated heterocycles. The third-order valence-corrected chi connectivity index (χ3v) is 4.67. The SMILES string of the molecule is O=S(=O)(CCc1ccncc1)N(CCCl)CCCl. The fraction of sp³-hybridized carbons (Fsp3) is 0.545. The third kappa shape index (κ3) is 5.10. The molecule has 1 aromatic heterocycles. The summed E-state index contributed by atoms with van der Waals surface area (Å²) in [5.74, 6) is 0.599. The Morgan fingerprint density at radius 3 is 2.17 bits per heavy atom. The van der Waals surface area contributed by atoms with Crippen LogP contribution in [0.1, 0.15) is 5.56 Å². The van der Waals surface area contributed by atoms with Crippen molar-refractivity contribution in [3.8, 4) is 0 Å². The maximum absolute atomic E-state index is 12.1. The molecule has 1 aromatic rings. The molecule has 1 heterocycles. The number of nitrogens with zero attached hydrogens (tertiary/aromatic N) is 2. The Hall–Kier alpha value is -0.360. The third-order valence-electron chi connectivity index (χ3n) is 2.46. The lowest BCUT2D eigenvalue weighted by molar-refractivity contribution is 0.448. The lowest BCUT2D eigenvalue weighted by Gasteiger charge is -2.19. The predicted octanol–water partition coefficient (Wildman–Crippen LogP) is 1.73. The molecule has 102 valence electrons. The normalized spacial score (nSPS) is 11.9. The topological polar surface area (TPSA) is 50.3 Å². The molecule has 0 N–H and O–H groups in total. The molecule has 0 amide bonds. The van der Waals surface area contributed by atoms with Crippen molar-refractivity contribution in [3.05, 3.63) is 30.1 Å². The zero-order valence-corrected chi connectivity index (χ0v) is 12.3. The Balaban J connectivity index is 2.62. The summed E-state index contributed by atoms with van der Waals surface area (Å²) < 4.78 is 25.5. The van der Waals surface area contributed by atoms with Gasteiger partial charge in [-0.2, -0.15) is 4.31 Å². The number of aromatic nitrogens is 1. The zero-order valence-electron chi connectivity index (χ0n) is 9.93. The minimum atomic E-state index is -3.30. The van der Waals surface area contributed by atoms with Gasteiger partial charge in [-0.25, -0.2) is 8.42 Å². The molecule has 0 aromatic carbocycles. The molecule has 0 atom stereocenters. The van der Waals surface area contributed by atoms with Gasteiger partial charge in [0.2, 0.25) is 10.0 Å². The van der Waals surface area contributed by atoms with E-state index in [0.717, 1.165) is 5.56 Å². The first kappa shape index (κ1) is 15.7. The summed E-state index contributed by atoms with van der Waals surface area (Å²) in [6, 6.07) is 3.62. The highest BCUT2D eigenvalue weighted by molar-refractivity contribution is 7.89. The van der Waals surface area contributed by atoms with Crippen molar-refractivity contribution in [2.45, 2.75) is 6.42 Å². The Morgan fingerprint density at radius 1 is 1.11 bits per heavy atom. The second-order valence-corrected chi connectivity index (χ2v) is 6.54. The Bertz CT molecular complexity index is 434. The fourth-order valence-corrected chi connectivity index (χ4v) is 3.60. The molecule has 4 nitrogen and oxygen atoms in total. The quantitative estimate of drug-likeness (QED) is 0.687. The van der Waals surface area contributed by atoms with Gasteiger partial charge in [-0.3, -0.25) is 4.98 Å².